The van der Waals surface area contributed by atoms with Gasteiger partial charge in [-0.15, -0.1) is 0 Å². The number of nitrogens with zero attached hydrogens (tertiary/aromatic N) is 2. The molecule has 0 saturated heterocycles. The predicted octanol–water partition coefficient (Wildman–Crippen LogP) is 5.69. The average molecular weight is 507 g/mol. The third-order valence-corrected chi connectivity index (χ3v) is 7.36. The summed E-state index contributed by atoms with van der Waals surface area (Å²) in [5.41, 5.74) is 2.56. The van der Waals surface area contributed by atoms with Crippen LogP contribution in [0.5, 0.6) is 11.5 Å². The summed E-state index contributed by atoms with van der Waals surface area (Å²) >= 11 is 6.71. The zero-order valence-corrected chi connectivity index (χ0v) is 22.1. The first-order chi connectivity index (χ1) is 17.3. The van der Waals surface area contributed by atoms with E-state index in [0.29, 0.717) is 47.3 Å². The van der Waals surface area contributed by atoms with Crippen molar-refractivity contribution in [3.05, 3.63) is 87.9 Å². The predicted molar refractivity (Wildman–Crippen MR) is 142 cm³/mol. The van der Waals surface area contributed by atoms with Crippen molar-refractivity contribution in [2.75, 3.05) is 32.2 Å². The SMILES string of the molecule is CCN(CC)C(=O)c1ccc(Cl)c(C2(C)C(=O)N(Cc3ccc(OC)cc3OC)c3ccccc32)c1. The van der Waals surface area contributed by atoms with E-state index in [4.69, 9.17) is 21.1 Å². The highest BCUT2D eigenvalue weighted by atomic mass is 35.5. The maximum atomic E-state index is 14.2. The molecule has 0 fully saturated rings. The van der Waals surface area contributed by atoms with Gasteiger partial charge in [0, 0.05) is 41.0 Å². The lowest BCUT2D eigenvalue weighted by Gasteiger charge is -2.27. The van der Waals surface area contributed by atoms with Crippen LogP contribution < -0.4 is 14.4 Å². The van der Waals surface area contributed by atoms with E-state index in [0.717, 1.165) is 16.8 Å². The first-order valence-electron chi connectivity index (χ1n) is 12.0. The highest BCUT2D eigenvalue weighted by Gasteiger charge is 2.49. The van der Waals surface area contributed by atoms with Gasteiger partial charge in [0.15, 0.2) is 0 Å². The Hall–Kier alpha value is -3.51. The van der Waals surface area contributed by atoms with Gasteiger partial charge in [0.25, 0.3) is 5.91 Å². The van der Waals surface area contributed by atoms with Crippen molar-refractivity contribution in [3.8, 4) is 11.5 Å². The fraction of sp³-hybridized carbons (Fsp3) is 0.310. The Labute approximate surface area is 217 Å². The van der Waals surface area contributed by atoms with Crippen molar-refractivity contribution in [1.29, 1.82) is 0 Å². The third-order valence-electron chi connectivity index (χ3n) is 7.03. The molecule has 2 amide bonds. The summed E-state index contributed by atoms with van der Waals surface area (Å²) in [5.74, 6) is 1.11. The molecule has 0 aromatic heterocycles. The maximum Gasteiger partial charge on any atom is 0.253 e. The molecule has 0 saturated carbocycles. The molecular weight excluding hydrogens is 476 g/mol. The van der Waals surface area contributed by atoms with E-state index in [2.05, 4.69) is 0 Å². The van der Waals surface area contributed by atoms with Gasteiger partial charge >= 0.3 is 0 Å². The van der Waals surface area contributed by atoms with Crippen molar-refractivity contribution in [3.63, 3.8) is 0 Å². The summed E-state index contributed by atoms with van der Waals surface area (Å²) in [4.78, 5) is 30.8. The largest absolute Gasteiger partial charge is 0.497 e. The summed E-state index contributed by atoms with van der Waals surface area (Å²) in [6.45, 7) is 7.29. The molecule has 1 aliphatic rings. The Morgan fingerprint density at radius 1 is 0.972 bits per heavy atom. The van der Waals surface area contributed by atoms with E-state index in [9.17, 15) is 9.59 Å². The monoisotopic (exact) mass is 506 g/mol. The van der Waals surface area contributed by atoms with Crippen LogP contribution in [0.25, 0.3) is 0 Å². The van der Waals surface area contributed by atoms with Crippen molar-refractivity contribution >= 4 is 29.1 Å². The molecule has 3 aromatic carbocycles. The molecule has 0 bridgehead atoms. The van der Waals surface area contributed by atoms with E-state index in [1.165, 1.54) is 0 Å². The van der Waals surface area contributed by atoms with Crippen LogP contribution in [0.15, 0.2) is 60.7 Å². The quantitative estimate of drug-likeness (QED) is 0.393. The number of benzene rings is 3. The van der Waals surface area contributed by atoms with Crippen LogP contribution in [0.2, 0.25) is 5.02 Å². The molecule has 7 heteroatoms. The minimum absolute atomic E-state index is 0.0833. The number of hydrogen-bond donors (Lipinski definition) is 0. The van der Waals surface area contributed by atoms with Gasteiger partial charge in [0.2, 0.25) is 5.91 Å². The highest BCUT2D eigenvalue weighted by Crippen LogP contribution is 2.48. The molecule has 6 nitrogen and oxygen atoms in total. The minimum atomic E-state index is -1.06. The molecule has 0 radical (unpaired) electrons. The number of fused-ring (bicyclic) bond motifs is 1. The maximum absolute atomic E-state index is 14.2. The van der Waals surface area contributed by atoms with Crippen LogP contribution in [0.1, 0.15) is 47.8 Å². The van der Waals surface area contributed by atoms with Crippen LogP contribution in [-0.4, -0.2) is 44.0 Å². The van der Waals surface area contributed by atoms with Crippen LogP contribution in [0, 0.1) is 0 Å². The number of methoxy groups -OCH3 is 2. The number of hydrogen-bond acceptors (Lipinski definition) is 4. The molecule has 0 aliphatic carbocycles. The van der Waals surface area contributed by atoms with Crippen molar-refractivity contribution in [2.24, 2.45) is 0 Å². The lowest BCUT2D eigenvalue weighted by molar-refractivity contribution is -0.121. The van der Waals surface area contributed by atoms with E-state index in [-0.39, 0.29) is 11.8 Å². The summed E-state index contributed by atoms with van der Waals surface area (Å²) in [5, 5.41) is 0.445. The lowest BCUT2D eigenvalue weighted by Crippen LogP contribution is -2.39. The van der Waals surface area contributed by atoms with Gasteiger partial charge in [-0.05, 0) is 68.3 Å². The first kappa shape index (κ1) is 25.6. The number of carbonyl (C=O) groups is 2. The Bertz CT molecular complexity index is 1300. The van der Waals surface area contributed by atoms with E-state index in [1.54, 1.807) is 48.3 Å². The van der Waals surface area contributed by atoms with Gasteiger partial charge in [-0.3, -0.25) is 9.59 Å². The van der Waals surface area contributed by atoms with Gasteiger partial charge in [0.05, 0.1) is 20.8 Å². The number of carbonyl (C=O) groups excluding carboxylic acids is 2. The fourth-order valence-corrected chi connectivity index (χ4v) is 5.24. The Kier molecular flexibility index (Phi) is 7.27. The molecule has 1 aliphatic heterocycles. The number of amides is 2. The standard InChI is InChI=1S/C29H31ClN2O4/c1-6-31(7-2)27(33)19-13-15-24(30)23(16-19)29(3)22-10-8-9-11-25(22)32(28(29)34)18-20-12-14-21(35-4)17-26(20)36-5/h8-17H,6-7,18H2,1-5H3. The van der Waals surface area contributed by atoms with Gasteiger partial charge in [-0.2, -0.15) is 0 Å². The molecule has 3 aromatic rings. The van der Waals surface area contributed by atoms with E-state index in [1.807, 2.05) is 57.2 Å². The first-order valence-corrected chi connectivity index (χ1v) is 12.4. The Morgan fingerprint density at radius 2 is 1.69 bits per heavy atom. The van der Waals surface area contributed by atoms with Gasteiger partial charge < -0.3 is 19.3 Å². The number of anilines is 1. The van der Waals surface area contributed by atoms with Crippen LogP contribution in [0.4, 0.5) is 5.69 Å². The van der Waals surface area contributed by atoms with Crippen molar-refractivity contribution in [2.45, 2.75) is 32.7 Å². The number of halogens is 1. The van der Waals surface area contributed by atoms with Gasteiger partial charge in [-0.1, -0.05) is 29.8 Å². The molecule has 188 valence electrons. The molecule has 0 spiro atoms. The lowest BCUT2D eigenvalue weighted by atomic mass is 9.76. The van der Waals surface area contributed by atoms with E-state index < -0.39 is 5.41 Å². The minimum Gasteiger partial charge on any atom is -0.497 e. The second-order valence-electron chi connectivity index (χ2n) is 8.88. The van der Waals surface area contributed by atoms with Crippen molar-refractivity contribution in [1.82, 2.24) is 4.90 Å². The summed E-state index contributed by atoms with van der Waals surface area (Å²) in [7, 11) is 3.20. The molecule has 4 rings (SSSR count). The molecule has 1 unspecified atom stereocenters. The zero-order chi connectivity index (χ0) is 26.0. The number of rotatable bonds is 8. The third kappa shape index (κ3) is 4.20. The molecular formula is C29H31ClN2O4. The van der Waals surface area contributed by atoms with Gasteiger partial charge in [-0.25, -0.2) is 0 Å². The normalized spacial score (nSPS) is 16.6. The molecule has 1 heterocycles. The fourth-order valence-electron chi connectivity index (χ4n) is 4.93. The smallest absolute Gasteiger partial charge is 0.253 e. The molecule has 1 atom stereocenters. The van der Waals surface area contributed by atoms with Crippen molar-refractivity contribution < 1.29 is 19.1 Å². The van der Waals surface area contributed by atoms with Crippen LogP contribution in [0.3, 0.4) is 0 Å². The van der Waals surface area contributed by atoms with Gasteiger partial charge in [0.1, 0.15) is 16.9 Å². The van der Waals surface area contributed by atoms with Crippen LogP contribution in [-0.2, 0) is 16.8 Å². The number of para-hydroxylation sites is 1. The summed E-state index contributed by atoms with van der Waals surface area (Å²) < 4.78 is 10.9. The molecule has 0 N–H and O–H groups in total. The second-order valence-corrected chi connectivity index (χ2v) is 9.29. The Balaban J connectivity index is 1.81. The zero-order valence-electron chi connectivity index (χ0n) is 21.3. The topological polar surface area (TPSA) is 59.1 Å². The van der Waals surface area contributed by atoms with Crippen LogP contribution >= 0.6 is 11.6 Å². The second kappa shape index (κ2) is 10.2. The molecule has 36 heavy (non-hydrogen) atoms. The average Bonchev–Trinajstić information content (AvgIpc) is 3.12. The Morgan fingerprint density at radius 3 is 2.36 bits per heavy atom. The summed E-state index contributed by atoms with van der Waals surface area (Å²) in [6.07, 6.45) is 0. The highest BCUT2D eigenvalue weighted by molar-refractivity contribution is 6.32. The van der Waals surface area contributed by atoms with E-state index >= 15 is 0 Å². The number of ether oxygens (including phenoxy) is 2. The summed E-state index contributed by atoms with van der Waals surface area (Å²) in [6, 6.07) is 18.5.